The molecule has 21 heavy (non-hydrogen) atoms. The van der Waals surface area contributed by atoms with Crippen LogP contribution in [0.1, 0.15) is 16.5 Å². The van der Waals surface area contributed by atoms with E-state index in [2.05, 4.69) is 15.7 Å². The van der Waals surface area contributed by atoms with E-state index in [9.17, 15) is 0 Å². The van der Waals surface area contributed by atoms with Crippen molar-refractivity contribution in [2.75, 3.05) is 7.11 Å². The molecule has 0 aliphatic carbocycles. The van der Waals surface area contributed by atoms with Crippen molar-refractivity contribution < 1.29 is 9.15 Å². The highest BCUT2D eigenvalue weighted by molar-refractivity contribution is 7.09. The summed E-state index contributed by atoms with van der Waals surface area (Å²) in [5.74, 6) is 1.67. The lowest BCUT2D eigenvalue weighted by Crippen LogP contribution is -2.12. The number of rotatable bonds is 5. The molecule has 4 nitrogen and oxygen atoms in total. The quantitative estimate of drug-likeness (QED) is 0.772. The first-order valence-corrected chi connectivity index (χ1v) is 7.31. The van der Waals surface area contributed by atoms with Crippen molar-refractivity contribution in [1.29, 1.82) is 0 Å². The lowest BCUT2D eigenvalue weighted by molar-refractivity contribution is 0.406. The standard InChI is InChI=1S/C15H16N2O2S.ClH/c1-10-17-12(9-20-10)7-16-8-13-6-11-4-3-5-14(18-2)15(11)19-13;/h3-6,9,16H,7-8H2,1-2H3;1H. The van der Waals surface area contributed by atoms with Gasteiger partial charge in [0, 0.05) is 17.3 Å². The molecule has 0 radical (unpaired) electrons. The number of hydrogen-bond donors (Lipinski definition) is 1. The van der Waals surface area contributed by atoms with Gasteiger partial charge in [0.05, 0.1) is 24.4 Å². The molecule has 0 atom stereocenters. The molecular formula is C15H17ClN2O2S. The molecule has 0 bridgehead atoms. The molecule has 0 aliphatic rings. The predicted octanol–water partition coefficient (Wildman–Crippen LogP) is 3.92. The van der Waals surface area contributed by atoms with Gasteiger partial charge in [-0.1, -0.05) is 12.1 Å². The molecule has 0 spiro atoms. The van der Waals surface area contributed by atoms with Crippen LogP contribution in [0.15, 0.2) is 34.1 Å². The Morgan fingerprint density at radius 1 is 1.33 bits per heavy atom. The van der Waals surface area contributed by atoms with Gasteiger partial charge in [0.1, 0.15) is 5.76 Å². The highest BCUT2D eigenvalue weighted by Crippen LogP contribution is 2.28. The summed E-state index contributed by atoms with van der Waals surface area (Å²) in [6, 6.07) is 7.93. The van der Waals surface area contributed by atoms with E-state index in [-0.39, 0.29) is 12.4 Å². The monoisotopic (exact) mass is 324 g/mol. The number of aryl methyl sites for hydroxylation is 1. The third kappa shape index (κ3) is 3.56. The van der Waals surface area contributed by atoms with Crippen molar-refractivity contribution in [1.82, 2.24) is 10.3 Å². The number of nitrogens with zero attached hydrogens (tertiary/aromatic N) is 1. The third-order valence-electron chi connectivity index (χ3n) is 3.05. The van der Waals surface area contributed by atoms with Crippen molar-refractivity contribution in [2.45, 2.75) is 20.0 Å². The number of furan rings is 1. The van der Waals surface area contributed by atoms with E-state index in [0.29, 0.717) is 6.54 Å². The Morgan fingerprint density at radius 2 is 2.19 bits per heavy atom. The first-order valence-electron chi connectivity index (χ1n) is 6.43. The fraction of sp³-hybridized carbons (Fsp3) is 0.267. The second-order valence-electron chi connectivity index (χ2n) is 4.55. The number of aromatic nitrogens is 1. The molecule has 0 fully saturated rings. The number of fused-ring (bicyclic) bond motifs is 1. The topological polar surface area (TPSA) is 47.3 Å². The van der Waals surface area contributed by atoms with Crippen LogP contribution in [0.25, 0.3) is 11.0 Å². The van der Waals surface area contributed by atoms with Gasteiger partial charge in [-0.05, 0) is 19.1 Å². The van der Waals surface area contributed by atoms with Crippen molar-refractivity contribution >= 4 is 34.7 Å². The van der Waals surface area contributed by atoms with Crippen molar-refractivity contribution in [3.63, 3.8) is 0 Å². The zero-order valence-electron chi connectivity index (χ0n) is 11.9. The lowest BCUT2D eigenvalue weighted by Gasteiger charge is -2.00. The molecule has 1 N–H and O–H groups in total. The predicted molar refractivity (Wildman–Crippen MR) is 87.4 cm³/mol. The van der Waals surface area contributed by atoms with Gasteiger partial charge in [0.15, 0.2) is 11.3 Å². The summed E-state index contributed by atoms with van der Waals surface area (Å²) in [7, 11) is 1.65. The van der Waals surface area contributed by atoms with Crippen LogP contribution in [0.3, 0.4) is 0 Å². The Kier molecular flexibility index (Phi) is 5.22. The van der Waals surface area contributed by atoms with Gasteiger partial charge in [-0.15, -0.1) is 23.7 Å². The van der Waals surface area contributed by atoms with E-state index in [1.807, 2.05) is 31.2 Å². The molecule has 112 valence electrons. The number of halogens is 1. The molecule has 0 amide bonds. The minimum Gasteiger partial charge on any atom is -0.493 e. The third-order valence-corrected chi connectivity index (χ3v) is 3.87. The van der Waals surface area contributed by atoms with E-state index >= 15 is 0 Å². The maximum Gasteiger partial charge on any atom is 0.176 e. The molecular weight excluding hydrogens is 308 g/mol. The van der Waals surface area contributed by atoms with Crippen LogP contribution < -0.4 is 10.1 Å². The fourth-order valence-electron chi connectivity index (χ4n) is 2.14. The summed E-state index contributed by atoms with van der Waals surface area (Å²) in [6.07, 6.45) is 0. The molecule has 0 saturated heterocycles. The van der Waals surface area contributed by atoms with Gasteiger partial charge >= 0.3 is 0 Å². The normalized spacial score (nSPS) is 10.6. The van der Waals surface area contributed by atoms with E-state index in [1.165, 1.54) is 0 Å². The average Bonchev–Trinajstić information content (AvgIpc) is 3.04. The second-order valence-corrected chi connectivity index (χ2v) is 5.61. The highest BCUT2D eigenvalue weighted by atomic mass is 35.5. The Bertz CT molecular complexity index is 723. The molecule has 3 rings (SSSR count). The number of nitrogens with one attached hydrogen (secondary N) is 1. The Labute approximate surface area is 133 Å². The zero-order valence-corrected chi connectivity index (χ0v) is 13.5. The fourth-order valence-corrected chi connectivity index (χ4v) is 2.75. The number of para-hydroxylation sites is 1. The first-order chi connectivity index (χ1) is 9.76. The number of thiazole rings is 1. The molecule has 2 heterocycles. The molecule has 6 heteroatoms. The number of hydrogen-bond acceptors (Lipinski definition) is 5. The summed E-state index contributed by atoms with van der Waals surface area (Å²) in [4.78, 5) is 4.42. The van der Waals surface area contributed by atoms with Crippen LogP contribution in [-0.4, -0.2) is 12.1 Å². The van der Waals surface area contributed by atoms with Crippen molar-refractivity contribution in [3.8, 4) is 5.75 Å². The average molecular weight is 325 g/mol. The molecule has 2 aromatic heterocycles. The SMILES string of the molecule is COc1cccc2cc(CNCc3csc(C)n3)oc12.Cl. The summed E-state index contributed by atoms with van der Waals surface area (Å²) < 4.78 is 11.1. The lowest BCUT2D eigenvalue weighted by atomic mass is 10.2. The summed E-state index contributed by atoms with van der Waals surface area (Å²) in [5.41, 5.74) is 1.87. The van der Waals surface area contributed by atoms with Crippen LogP contribution in [0.2, 0.25) is 0 Å². The van der Waals surface area contributed by atoms with Gasteiger partial charge in [-0.25, -0.2) is 4.98 Å². The number of ether oxygens (including phenoxy) is 1. The van der Waals surface area contributed by atoms with Gasteiger partial charge < -0.3 is 14.5 Å². The molecule has 1 aromatic carbocycles. The first kappa shape index (κ1) is 15.8. The summed E-state index contributed by atoms with van der Waals surface area (Å²) in [5, 5.41) is 7.57. The minimum atomic E-state index is 0. The van der Waals surface area contributed by atoms with Crippen LogP contribution in [0, 0.1) is 6.92 Å². The van der Waals surface area contributed by atoms with Gasteiger partial charge in [0.25, 0.3) is 0 Å². The van der Waals surface area contributed by atoms with E-state index in [1.54, 1.807) is 18.4 Å². The molecule has 0 unspecified atom stereocenters. The molecule has 0 aliphatic heterocycles. The number of benzene rings is 1. The maximum absolute atomic E-state index is 5.83. The summed E-state index contributed by atoms with van der Waals surface area (Å²) in [6.45, 7) is 3.44. The maximum atomic E-state index is 5.83. The smallest absolute Gasteiger partial charge is 0.176 e. The summed E-state index contributed by atoms with van der Waals surface area (Å²) >= 11 is 1.67. The van der Waals surface area contributed by atoms with Crippen molar-refractivity contribution in [3.05, 3.63) is 46.1 Å². The van der Waals surface area contributed by atoms with E-state index in [4.69, 9.17) is 9.15 Å². The van der Waals surface area contributed by atoms with Crippen LogP contribution >= 0.6 is 23.7 Å². The molecule has 0 saturated carbocycles. The largest absolute Gasteiger partial charge is 0.493 e. The highest BCUT2D eigenvalue weighted by Gasteiger charge is 2.08. The van der Waals surface area contributed by atoms with Gasteiger partial charge in [-0.3, -0.25) is 0 Å². The Hall–Kier alpha value is -1.56. The zero-order chi connectivity index (χ0) is 13.9. The van der Waals surface area contributed by atoms with Crippen LogP contribution in [-0.2, 0) is 13.1 Å². The van der Waals surface area contributed by atoms with E-state index < -0.39 is 0 Å². The second kappa shape index (κ2) is 6.93. The van der Waals surface area contributed by atoms with Gasteiger partial charge in [-0.2, -0.15) is 0 Å². The van der Waals surface area contributed by atoms with Crippen molar-refractivity contribution in [2.24, 2.45) is 0 Å². The molecule has 3 aromatic rings. The minimum absolute atomic E-state index is 0. The van der Waals surface area contributed by atoms with E-state index in [0.717, 1.165) is 39.7 Å². The van der Waals surface area contributed by atoms with Gasteiger partial charge in [0.2, 0.25) is 0 Å². The Morgan fingerprint density at radius 3 is 2.90 bits per heavy atom. The number of methoxy groups -OCH3 is 1. The van der Waals surface area contributed by atoms with Crippen LogP contribution in [0.4, 0.5) is 0 Å². The van der Waals surface area contributed by atoms with Crippen LogP contribution in [0.5, 0.6) is 5.75 Å². The Balaban J connectivity index is 0.00000161.